The number of piperazine rings is 1. The average molecular weight is 402 g/mol. The monoisotopic (exact) mass is 401 g/mol. The Balaban J connectivity index is 1.69. The summed E-state index contributed by atoms with van der Waals surface area (Å²) in [7, 11) is 0. The van der Waals surface area contributed by atoms with Crippen LogP contribution in [0.15, 0.2) is 48.5 Å². The zero-order valence-electron chi connectivity index (χ0n) is 17.1. The van der Waals surface area contributed by atoms with Gasteiger partial charge in [-0.15, -0.1) is 0 Å². The molecule has 1 aliphatic rings. The molecule has 2 aromatic rings. The molecule has 0 aromatic heterocycles. The van der Waals surface area contributed by atoms with E-state index >= 15 is 0 Å². The van der Waals surface area contributed by atoms with Crippen molar-refractivity contribution < 1.29 is 13.6 Å². The first-order valence-electron chi connectivity index (χ1n) is 10.2. The Bertz CT molecular complexity index is 741. The van der Waals surface area contributed by atoms with Crippen LogP contribution in [0, 0.1) is 11.6 Å². The Kier molecular flexibility index (Phi) is 7.34. The standard InChI is InChI=1S/C23H29F2N3O/c1-3-17(2)26-22(29)16-27-12-14-28(15-13-27)23(18-4-8-20(24)9-5-18)19-6-10-21(25)11-7-19/h4-11,17,23H,3,12-16H2,1-2H3,(H,26,29)/t17-/m0/s1. The minimum atomic E-state index is -0.274. The van der Waals surface area contributed by atoms with E-state index in [1.165, 1.54) is 24.3 Å². The Morgan fingerprint density at radius 2 is 1.41 bits per heavy atom. The van der Waals surface area contributed by atoms with Crippen LogP contribution in [0.1, 0.15) is 37.4 Å². The Morgan fingerprint density at radius 3 is 1.86 bits per heavy atom. The van der Waals surface area contributed by atoms with Crippen LogP contribution < -0.4 is 5.32 Å². The minimum Gasteiger partial charge on any atom is -0.353 e. The van der Waals surface area contributed by atoms with Gasteiger partial charge in [-0.1, -0.05) is 31.2 Å². The van der Waals surface area contributed by atoms with Crippen molar-refractivity contribution in [2.45, 2.75) is 32.4 Å². The SMILES string of the molecule is CC[C@H](C)NC(=O)CN1CCN(C(c2ccc(F)cc2)c2ccc(F)cc2)CC1. The third-order valence-corrected chi connectivity index (χ3v) is 5.53. The summed E-state index contributed by atoms with van der Waals surface area (Å²) in [5.74, 6) is -0.492. The minimum absolute atomic E-state index is 0.0569. The molecule has 1 fully saturated rings. The molecule has 0 aliphatic carbocycles. The lowest BCUT2D eigenvalue weighted by molar-refractivity contribution is -0.123. The normalized spacial score (nSPS) is 16.7. The number of nitrogens with one attached hydrogen (secondary N) is 1. The van der Waals surface area contributed by atoms with Gasteiger partial charge in [-0.25, -0.2) is 8.78 Å². The van der Waals surface area contributed by atoms with Gasteiger partial charge in [0, 0.05) is 32.2 Å². The Morgan fingerprint density at radius 1 is 0.931 bits per heavy atom. The molecule has 1 atom stereocenters. The van der Waals surface area contributed by atoms with Crippen molar-refractivity contribution in [3.05, 3.63) is 71.3 Å². The molecule has 2 aromatic carbocycles. The van der Waals surface area contributed by atoms with Crippen molar-refractivity contribution in [1.29, 1.82) is 0 Å². The molecule has 0 bridgehead atoms. The second kappa shape index (κ2) is 9.94. The summed E-state index contributed by atoms with van der Waals surface area (Å²) in [5.41, 5.74) is 1.95. The second-order valence-corrected chi connectivity index (χ2v) is 7.69. The fraction of sp³-hybridized carbons (Fsp3) is 0.435. The lowest BCUT2D eigenvalue weighted by Gasteiger charge is -2.39. The number of amides is 1. The highest BCUT2D eigenvalue weighted by atomic mass is 19.1. The van der Waals surface area contributed by atoms with E-state index in [1.807, 2.05) is 6.92 Å². The molecule has 1 saturated heterocycles. The zero-order valence-corrected chi connectivity index (χ0v) is 17.1. The molecule has 4 nitrogen and oxygen atoms in total. The molecule has 156 valence electrons. The molecule has 6 heteroatoms. The quantitative estimate of drug-likeness (QED) is 0.770. The molecule has 0 radical (unpaired) electrons. The van der Waals surface area contributed by atoms with Gasteiger partial charge in [0.1, 0.15) is 11.6 Å². The molecule has 0 spiro atoms. The van der Waals surface area contributed by atoms with E-state index in [-0.39, 0.29) is 29.6 Å². The molecule has 1 N–H and O–H groups in total. The Hall–Kier alpha value is -2.31. The first-order chi connectivity index (χ1) is 14.0. The predicted octanol–water partition coefficient (Wildman–Crippen LogP) is 3.59. The van der Waals surface area contributed by atoms with Crippen LogP contribution in [0.5, 0.6) is 0 Å². The van der Waals surface area contributed by atoms with Gasteiger partial charge in [0.15, 0.2) is 0 Å². The van der Waals surface area contributed by atoms with Crippen LogP contribution in [0.25, 0.3) is 0 Å². The van der Waals surface area contributed by atoms with E-state index in [9.17, 15) is 13.6 Å². The maximum absolute atomic E-state index is 13.4. The summed E-state index contributed by atoms with van der Waals surface area (Å²) in [6.45, 7) is 7.54. The van der Waals surface area contributed by atoms with Crippen LogP contribution in [-0.4, -0.2) is 54.5 Å². The molecule has 1 heterocycles. The van der Waals surface area contributed by atoms with Gasteiger partial charge >= 0.3 is 0 Å². The van der Waals surface area contributed by atoms with Crippen LogP contribution in [0.3, 0.4) is 0 Å². The second-order valence-electron chi connectivity index (χ2n) is 7.69. The highest BCUT2D eigenvalue weighted by molar-refractivity contribution is 5.78. The zero-order chi connectivity index (χ0) is 20.8. The van der Waals surface area contributed by atoms with Crippen molar-refractivity contribution >= 4 is 5.91 Å². The molecule has 3 rings (SSSR count). The summed E-state index contributed by atoms with van der Waals surface area (Å²) in [6, 6.07) is 13.1. The fourth-order valence-electron chi connectivity index (χ4n) is 3.71. The van der Waals surface area contributed by atoms with Crippen molar-refractivity contribution in [3.8, 4) is 0 Å². The number of hydrogen-bond donors (Lipinski definition) is 1. The van der Waals surface area contributed by atoms with Crippen molar-refractivity contribution in [2.75, 3.05) is 32.7 Å². The van der Waals surface area contributed by atoms with Crippen LogP contribution >= 0.6 is 0 Å². The lowest BCUT2D eigenvalue weighted by Crippen LogP contribution is -2.51. The number of hydrogen-bond acceptors (Lipinski definition) is 3. The maximum atomic E-state index is 13.4. The predicted molar refractivity (Wildman–Crippen MR) is 111 cm³/mol. The Labute approximate surface area is 171 Å². The van der Waals surface area contributed by atoms with Crippen molar-refractivity contribution in [3.63, 3.8) is 0 Å². The summed E-state index contributed by atoms with van der Waals surface area (Å²) >= 11 is 0. The number of halogens is 2. The number of nitrogens with zero attached hydrogens (tertiary/aromatic N) is 2. The van der Waals surface area contributed by atoms with E-state index in [0.717, 1.165) is 43.7 Å². The third-order valence-electron chi connectivity index (χ3n) is 5.53. The molecule has 29 heavy (non-hydrogen) atoms. The fourth-order valence-corrected chi connectivity index (χ4v) is 3.71. The van der Waals surface area contributed by atoms with E-state index < -0.39 is 0 Å². The van der Waals surface area contributed by atoms with Gasteiger partial charge in [-0.3, -0.25) is 14.6 Å². The van der Waals surface area contributed by atoms with E-state index in [0.29, 0.717) is 6.54 Å². The van der Waals surface area contributed by atoms with Crippen LogP contribution in [0.2, 0.25) is 0 Å². The van der Waals surface area contributed by atoms with Crippen LogP contribution in [0.4, 0.5) is 8.78 Å². The van der Waals surface area contributed by atoms with E-state index in [1.54, 1.807) is 24.3 Å². The molecule has 0 unspecified atom stereocenters. The highest BCUT2D eigenvalue weighted by Gasteiger charge is 2.27. The summed E-state index contributed by atoms with van der Waals surface area (Å²) in [4.78, 5) is 16.6. The highest BCUT2D eigenvalue weighted by Crippen LogP contribution is 2.30. The third kappa shape index (κ3) is 5.84. The van der Waals surface area contributed by atoms with Gasteiger partial charge < -0.3 is 5.32 Å². The number of carbonyl (C=O) groups is 1. The summed E-state index contributed by atoms with van der Waals surface area (Å²) in [5, 5.41) is 3.01. The van der Waals surface area contributed by atoms with Crippen LogP contribution in [-0.2, 0) is 4.79 Å². The number of benzene rings is 2. The summed E-state index contributed by atoms with van der Waals surface area (Å²) < 4.78 is 26.9. The van der Waals surface area contributed by atoms with Gasteiger partial charge in [0.25, 0.3) is 0 Å². The first kappa shape index (κ1) is 21.4. The largest absolute Gasteiger partial charge is 0.353 e. The molecule has 1 amide bonds. The van der Waals surface area contributed by atoms with Gasteiger partial charge in [-0.05, 0) is 48.7 Å². The lowest BCUT2D eigenvalue weighted by atomic mass is 9.96. The topological polar surface area (TPSA) is 35.6 Å². The molecule has 1 aliphatic heterocycles. The van der Waals surface area contributed by atoms with E-state index in [4.69, 9.17) is 0 Å². The maximum Gasteiger partial charge on any atom is 0.234 e. The molecular formula is C23H29F2N3O. The molecular weight excluding hydrogens is 372 g/mol. The van der Waals surface area contributed by atoms with Crippen molar-refractivity contribution in [2.24, 2.45) is 0 Å². The van der Waals surface area contributed by atoms with Gasteiger partial charge in [0.2, 0.25) is 5.91 Å². The molecule has 0 saturated carbocycles. The number of carbonyl (C=O) groups excluding carboxylic acids is 1. The number of rotatable bonds is 7. The van der Waals surface area contributed by atoms with Crippen molar-refractivity contribution in [1.82, 2.24) is 15.1 Å². The van der Waals surface area contributed by atoms with Gasteiger partial charge in [0.05, 0.1) is 12.6 Å². The average Bonchev–Trinajstić information content (AvgIpc) is 2.72. The van der Waals surface area contributed by atoms with Gasteiger partial charge in [-0.2, -0.15) is 0 Å². The smallest absolute Gasteiger partial charge is 0.234 e. The summed E-state index contributed by atoms with van der Waals surface area (Å²) in [6.07, 6.45) is 0.913. The van der Waals surface area contributed by atoms with E-state index in [2.05, 4.69) is 22.0 Å². The first-order valence-corrected chi connectivity index (χ1v) is 10.2.